The lowest BCUT2D eigenvalue weighted by molar-refractivity contribution is -0.122. The number of carbonyl (C=O) groups is 1. The molecule has 1 heterocycles. The quantitative estimate of drug-likeness (QED) is 0.620. The minimum Gasteiger partial charge on any atom is -0.497 e. The first kappa shape index (κ1) is 19.1. The lowest BCUT2D eigenvalue weighted by atomic mass is 10.2. The summed E-state index contributed by atoms with van der Waals surface area (Å²) >= 11 is 7.39. The smallest absolute Gasteiger partial charge is 0.267 e. The van der Waals surface area contributed by atoms with Crippen LogP contribution in [0.4, 0.5) is 5.13 Å². The molecule has 0 aliphatic carbocycles. The maximum atomic E-state index is 12.5. The Bertz CT molecular complexity index is 915. The third kappa shape index (κ3) is 4.75. The molecule has 0 saturated carbocycles. The van der Waals surface area contributed by atoms with Crippen LogP contribution in [0.25, 0.3) is 10.6 Å². The van der Waals surface area contributed by atoms with Crippen molar-refractivity contribution in [3.8, 4) is 22.1 Å². The molecular weight excluding hydrogens is 386 g/mol. The molecule has 8 heteroatoms. The van der Waals surface area contributed by atoms with E-state index in [9.17, 15) is 4.79 Å². The first-order valence-electron chi connectivity index (χ1n) is 8.30. The van der Waals surface area contributed by atoms with Gasteiger partial charge < -0.3 is 9.47 Å². The van der Waals surface area contributed by atoms with E-state index in [1.807, 2.05) is 31.2 Å². The van der Waals surface area contributed by atoms with Crippen molar-refractivity contribution in [2.75, 3.05) is 12.4 Å². The highest BCUT2D eigenvalue weighted by Gasteiger charge is 2.21. The van der Waals surface area contributed by atoms with Crippen LogP contribution in [-0.2, 0) is 4.79 Å². The summed E-state index contributed by atoms with van der Waals surface area (Å²) in [5, 5.41) is 12.5. The van der Waals surface area contributed by atoms with E-state index in [0.717, 1.165) is 11.3 Å². The minimum absolute atomic E-state index is 0.296. The highest BCUT2D eigenvalue weighted by Crippen LogP contribution is 2.29. The first-order valence-corrected chi connectivity index (χ1v) is 9.50. The highest BCUT2D eigenvalue weighted by atomic mass is 35.5. The second kappa shape index (κ2) is 8.83. The molecule has 1 N–H and O–H groups in total. The highest BCUT2D eigenvalue weighted by molar-refractivity contribution is 7.18. The molecule has 3 rings (SSSR count). The Kier molecular flexibility index (Phi) is 6.26. The molecule has 0 aliphatic rings. The molecule has 0 unspecified atom stereocenters. The monoisotopic (exact) mass is 403 g/mol. The van der Waals surface area contributed by atoms with Crippen LogP contribution in [0.5, 0.6) is 11.5 Å². The average molecular weight is 404 g/mol. The number of para-hydroxylation sites is 1. The number of amides is 1. The zero-order valence-corrected chi connectivity index (χ0v) is 16.4. The molecule has 0 radical (unpaired) electrons. The number of halogens is 1. The fourth-order valence-corrected chi connectivity index (χ4v) is 3.26. The molecule has 27 heavy (non-hydrogen) atoms. The van der Waals surface area contributed by atoms with Crippen molar-refractivity contribution < 1.29 is 14.3 Å². The number of anilines is 1. The van der Waals surface area contributed by atoms with E-state index in [1.54, 1.807) is 31.4 Å². The fourth-order valence-electron chi connectivity index (χ4n) is 2.33. The number of carbonyl (C=O) groups excluding carboxylic acids is 1. The van der Waals surface area contributed by atoms with Gasteiger partial charge in [0.2, 0.25) is 5.13 Å². The average Bonchev–Trinajstić information content (AvgIpc) is 3.15. The molecular formula is C19H18ClN3O3S. The van der Waals surface area contributed by atoms with Gasteiger partial charge in [-0.3, -0.25) is 10.1 Å². The third-order valence-corrected chi connectivity index (χ3v) is 4.96. The van der Waals surface area contributed by atoms with Gasteiger partial charge in [0.15, 0.2) is 6.10 Å². The van der Waals surface area contributed by atoms with Gasteiger partial charge in [0.05, 0.1) is 12.1 Å². The second-order valence-electron chi connectivity index (χ2n) is 5.58. The molecule has 2 aromatic carbocycles. The van der Waals surface area contributed by atoms with Crippen LogP contribution in [0.2, 0.25) is 5.02 Å². The number of nitrogens with one attached hydrogen (secondary N) is 1. The number of benzene rings is 2. The number of aromatic nitrogens is 2. The summed E-state index contributed by atoms with van der Waals surface area (Å²) in [6, 6.07) is 14.5. The number of nitrogens with zero attached hydrogens (tertiary/aromatic N) is 2. The van der Waals surface area contributed by atoms with Crippen LogP contribution >= 0.6 is 22.9 Å². The Morgan fingerprint density at radius 2 is 1.93 bits per heavy atom. The maximum absolute atomic E-state index is 12.5. The SMILES string of the molecule is CC[C@H](Oc1ccccc1Cl)C(=O)Nc1nnc(-c2ccc(OC)cc2)s1. The second-order valence-corrected chi connectivity index (χ2v) is 6.96. The Morgan fingerprint density at radius 3 is 2.59 bits per heavy atom. The molecule has 6 nitrogen and oxygen atoms in total. The number of hydrogen-bond acceptors (Lipinski definition) is 6. The predicted molar refractivity (Wildman–Crippen MR) is 107 cm³/mol. The summed E-state index contributed by atoms with van der Waals surface area (Å²) in [7, 11) is 1.61. The molecule has 1 amide bonds. The van der Waals surface area contributed by atoms with Gasteiger partial charge in [-0.05, 0) is 42.8 Å². The predicted octanol–water partition coefficient (Wildman–Crippen LogP) is 4.66. The van der Waals surface area contributed by atoms with Gasteiger partial charge in [-0.25, -0.2) is 0 Å². The van der Waals surface area contributed by atoms with Crippen LogP contribution in [0.3, 0.4) is 0 Å². The first-order chi connectivity index (χ1) is 13.1. The van der Waals surface area contributed by atoms with Crippen molar-refractivity contribution >= 4 is 34.0 Å². The van der Waals surface area contributed by atoms with Crippen LogP contribution in [0.15, 0.2) is 48.5 Å². The van der Waals surface area contributed by atoms with Gasteiger partial charge in [0.25, 0.3) is 5.91 Å². The summed E-state index contributed by atoms with van der Waals surface area (Å²) in [5.41, 5.74) is 0.896. The Morgan fingerprint density at radius 1 is 1.19 bits per heavy atom. The summed E-state index contributed by atoms with van der Waals surface area (Å²) in [6.45, 7) is 1.87. The number of hydrogen-bond donors (Lipinski definition) is 1. The molecule has 0 aliphatic heterocycles. The van der Waals surface area contributed by atoms with Crippen molar-refractivity contribution in [3.05, 3.63) is 53.6 Å². The molecule has 1 atom stereocenters. The number of methoxy groups -OCH3 is 1. The largest absolute Gasteiger partial charge is 0.497 e. The Balaban J connectivity index is 1.67. The summed E-state index contributed by atoms with van der Waals surface area (Å²) in [4.78, 5) is 12.5. The molecule has 1 aromatic heterocycles. The minimum atomic E-state index is -0.682. The van der Waals surface area contributed by atoms with Crippen LogP contribution in [0.1, 0.15) is 13.3 Å². The van der Waals surface area contributed by atoms with Crippen molar-refractivity contribution in [3.63, 3.8) is 0 Å². The van der Waals surface area contributed by atoms with Crippen molar-refractivity contribution in [2.45, 2.75) is 19.4 Å². The van der Waals surface area contributed by atoms with Gasteiger partial charge in [-0.15, -0.1) is 10.2 Å². The molecule has 140 valence electrons. The topological polar surface area (TPSA) is 73.3 Å². The van der Waals surface area contributed by atoms with E-state index in [-0.39, 0.29) is 5.91 Å². The maximum Gasteiger partial charge on any atom is 0.267 e. The summed E-state index contributed by atoms with van der Waals surface area (Å²) in [5.74, 6) is 0.937. The summed E-state index contributed by atoms with van der Waals surface area (Å²) < 4.78 is 10.9. The van der Waals surface area contributed by atoms with Crippen LogP contribution in [0, 0.1) is 0 Å². The van der Waals surface area contributed by atoms with Crippen LogP contribution < -0.4 is 14.8 Å². The van der Waals surface area contributed by atoms with Gasteiger partial charge in [0, 0.05) is 5.56 Å². The Hall–Kier alpha value is -2.64. The normalized spacial score (nSPS) is 11.7. The standard InChI is InChI=1S/C19H18ClN3O3S/c1-3-15(26-16-7-5-4-6-14(16)20)17(24)21-19-23-22-18(27-19)12-8-10-13(25-2)11-9-12/h4-11,15H,3H2,1-2H3,(H,21,23,24)/t15-/m0/s1. The lowest BCUT2D eigenvalue weighted by Gasteiger charge is -2.17. The van der Waals surface area contributed by atoms with Gasteiger partial charge in [0.1, 0.15) is 16.5 Å². The molecule has 0 bridgehead atoms. The Labute approximate surface area is 166 Å². The van der Waals surface area contributed by atoms with Crippen molar-refractivity contribution in [1.29, 1.82) is 0 Å². The zero-order valence-electron chi connectivity index (χ0n) is 14.8. The fraction of sp³-hybridized carbons (Fsp3) is 0.211. The van der Waals surface area contributed by atoms with Crippen molar-refractivity contribution in [1.82, 2.24) is 10.2 Å². The number of ether oxygens (including phenoxy) is 2. The zero-order chi connectivity index (χ0) is 19.2. The molecule has 0 fully saturated rings. The van der Waals surface area contributed by atoms with E-state index in [0.29, 0.717) is 27.3 Å². The number of rotatable bonds is 7. The van der Waals surface area contributed by atoms with E-state index in [1.165, 1.54) is 11.3 Å². The van der Waals surface area contributed by atoms with Gasteiger partial charge >= 0.3 is 0 Å². The van der Waals surface area contributed by atoms with E-state index < -0.39 is 6.10 Å². The lowest BCUT2D eigenvalue weighted by Crippen LogP contribution is -2.32. The van der Waals surface area contributed by atoms with Crippen molar-refractivity contribution in [2.24, 2.45) is 0 Å². The van der Waals surface area contributed by atoms with Crippen LogP contribution in [-0.4, -0.2) is 29.3 Å². The molecule has 3 aromatic rings. The summed E-state index contributed by atoms with van der Waals surface area (Å²) in [6.07, 6.45) is -0.195. The van der Waals surface area contributed by atoms with Gasteiger partial charge in [-0.1, -0.05) is 42.0 Å². The van der Waals surface area contributed by atoms with Gasteiger partial charge in [-0.2, -0.15) is 0 Å². The van der Waals surface area contributed by atoms with E-state index >= 15 is 0 Å². The molecule has 0 saturated heterocycles. The molecule has 0 spiro atoms. The van der Waals surface area contributed by atoms with E-state index in [2.05, 4.69) is 15.5 Å². The third-order valence-electron chi connectivity index (χ3n) is 3.76. The van der Waals surface area contributed by atoms with E-state index in [4.69, 9.17) is 21.1 Å².